The third kappa shape index (κ3) is 3.71. The van der Waals surface area contributed by atoms with Gasteiger partial charge in [0.25, 0.3) is 0 Å². The number of hydrogen-bond donors (Lipinski definition) is 0. The minimum absolute atomic E-state index is 0.253. The molecule has 2 aromatic rings. The minimum Gasteiger partial charge on any atom is -0.439 e. The van der Waals surface area contributed by atoms with Gasteiger partial charge in [-0.1, -0.05) is 0 Å². The molecule has 0 saturated carbocycles. The zero-order valence-electron chi connectivity index (χ0n) is 11.1. The molecule has 0 unspecified atom stereocenters. The summed E-state index contributed by atoms with van der Waals surface area (Å²) in [5.41, 5.74) is 1.73. The normalized spacial score (nSPS) is 11.3. The maximum Gasteiger partial charge on any atom is 0.219 e. The van der Waals surface area contributed by atoms with Gasteiger partial charge in [-0.2, -0.15) is 0 Å². The van der Waals surface area contributed by atoms with Crippen molar-refractivity contribution in [3.63, 3.8) is 0 Å². The lowest BCUT2D eigenvalue weighted by molar-refractivity contribution is 0.460. The van der Waals surface area contributed by atoms with Crippen LogP contribution in [0.2, 0.25) is 0 Å². The molecule has 0 radical (unpaired) electrons. The summed E-state index contributed by atoms with van der Waals surface area (Å²) in [5, 5.41) is 0. The average Bonchev–Trinajstić information content (AvgIpc) is 2.37. The Morgan fingerprint density at radius 3 is 2.40 bits per heavy atom. The molecular formula is C14H14ClNO3S. The largest absolute Gasteiger partial charge is 0.439 e. The molecule has 0 atom stereocenters. The van der Waals surface area contributed by atoms with Gasteiger partial charge < -0.3 is 4.74 Å². The first-order valence-electron chi connectivity index (χ1n) is 5.90. The molecule has 1 heterocycles. The summed E-state index contributed by atoms with van der Waals surface area (Å²) in [6, 6.07) is 9.84. The Kier molecular flexibility index (Phi) is 4.30. The number of nitrogens with zero attached hydrogens (tertiary/aromatic N) is 1. The van der Waals surface area contributed by atoms with E-state index in [1.54, 1.807) is 18.2 Å². The molecule has 106 valence electrons. The molecule has 20 heavy (non-hydrogen) atoms. The molecule has 0 aliphatic heterocycles. The van der Waals surface area contributed by atoms with Crippen molar-refractivity contribution < 1.29 is 13.2 Å². The number of benzene rings is 1. The maximum absolute atomic E-state index is 11.4. The summed E-state index contributed by atoms with van der Waals surface area (Å²) < 4.78 is 28.3. The van der Waals surface area contributed by atoms with E-state index in [9.17, 15) is 8.42 Å². The number of sulfone groups is 1. The van der Waals surface area contributed by atoms with E-state index in [0.717, 1.165) is 17.5 Å². The van der Waals surface area contributed by atoms with Crippen LogP contribution in [0.4, 0.5) is 0 Å². The summed E-state index contributed by atoms with van der Waals surface area (Å²) in [6.07, 6.45) is 1.16. The fourth-order valence-electron chi connectivity index (χ4n) is 1.71. The summed E-state index contributed by atoms with van der Waals surface area (Å²) in [7, 11) is -3.20. The third-order valence-corrected chi connectivity index (χ3v) is 4.06. The SMILES string of the molecule is Cc1cc(CCl)cc(Oc2ccc(S(C)(=O)=O)cc2)n1. The van der Waals surface area contributed by atoms with Gasteiger partial charge >= 0.3 is 0 Å². The van der Waals surface area contributed by atoms with Crippen molar-refractivity contribution >= 4 is 21.4 Å². The molecule has 2 rings (SSSR count). The average molecular weight is 312 g/mol. The van der Waals surface area contributed by atoms with Crippen molar-refractivity contribution in [2.45, 2.75) is 17.7 Å². The molecule has 6 heteroatoms. The monoisotopic (exact) mass is 311 g/mol. The predicted molar refractivity (Wildman–Crippen MR) is 78.2 cm³/mol. The van der Waals surface area contributed by atoms with Gasteiger partial charge in [0, 0.05) is 23.9 Å². The second kappa shape index (κ2) is 5.81. The summed E-state index contributed by atoms with van der Waals surface area (Å²) >= 11 is 5.79. The molecule has 1 aromatic carbocycles. The highest BCUT2D eigenvalue weighted by Crippen LogP contribution is 2.23. The maximum atomic E-state index is 11.4. The van der Waals surface area contributed by atoms with Crippen LogP contribution < -0.4 is 4.74 Å². The molecule has 0 aliphatic rings. The number of hydrogen-bond acceptors (Lipinski definition) is 4. The molecule has 0 amide bonds. The predicted octanol–water partition coefficient (Wildman–Crippen LogP) is 3.32. The number of aryl methyl sites for hydroxylation is 1. The first-order chi connectivity index (χ1) is 9.38. The minimum atomic E-state index is -3.20. The fourth-order valence-corrected chi connectivity index (χ4v) is 2.50. The van der Waals surface area contributed by atoms with Crippen molar-refractivity contribution in [1.82, 2.24) is 4.98 Å². The lowest BCUT2D eigenvalue weighted by Crippen LogP contribution is -1.97. The standard InChI is InChI=1S/C14H14ClNO3S/c1-10-7-11(9-15)8-14(16-10)19-12-3-5-13(6-4-12)20(2,17)18/h3-8H,9H2,1-2H3. The first kappa shape index (κ1) is 14.8. The van der Waals surface area contributed by atoms with E-state index in [4.69, 9.17) is 16.3 Å². The van der Waals surface area contributed by atoms with Crippen LogP contribution in [0.1, 0.15) is 11.3 Å². The van der Waals surface area contributed by atoms with E-state index in [-0.39, 0.29) is 4.90 Å². The van der Waals surface area contributed by atoms with Crippen LogP contribution in [-0.2, 0) is 15.7 Å². The topological polar surface area (TPSA) is 56.3 Å². The number of pyridine rings is 1. The Hall–Kier alpha value is -1.59. The van der Waals surface area contributed by atoms with Crippen LogP contribution in [-0.4, -0.2) is 19.7 Å². The number of halogens is 1. The van der Waals surface area contributed by atoms with E-state index in [1.165, 1.54) is 12.1 Å². The highest BCUT2D eigenvalue weighted by Gasteiger charge is 2.07. The van der Waals surface area contributed by atoms with E-state index >= 15 is 0 Å². The Bertz CT molecular complexity index is 712. The van der Waals surface area contributed by atoms with Crippen molar-refractivity contribution in [3.8, 4) is 11.6 Å². The molecular weight excluding hydrogens is 298 g/mol. The highest BCUT2D eigenvalue weighted by atomic mass is 35.5. The molecule has 0 aliphatic carbocycles. The molecule has 0 fully saturated rings. The van der Waals surface area contributed by atoms with Gasteiger partial charge in [0.15, 0.2) is 9.84 Å². The molecule has 1 aromatic heterocycles. The van der Waals surface area contributed by atoms with Crippen LogP contribution in [0.5, 0.6) is 11.6 Å². The van der Waals surface area contributed by atoms with E-state index in [0.29, 0.717) is 17.5 Å². The second-order valence-electron chi connectivity index (χ2n) is 4.43. The lowest BCUT2D eigenvalue weighted by Gasteiger charge is -2.07. The van der Waals surface area contributed by atoms with Gasteiger partial charge in [-0.25, -0.2) is 13.4 Å². The number of rotatable bonds is 4. The van der Waals surface area contributed by atoms with Crippen molar-refractivity contribution in [2.75, 3.05) is 6.26 Å². The molecule has 0 spiro atoms. The summed E-state index contributed by atoms with van der Waals surface area (Å²) in [4.78, 5) is 4.50. The van der Waals surface area contributed by atoms with Crippen LogP contribution in [0, 0.1) is 6.92 Å². The van der Waals surface area contributed by atoms with E-state index in [1.807, 2.05) is 13.0 Å². The Morgan fingerprint density at radius 1 is 1.20 bits per heavy atom. The Morgan fingerprint density at radius 2 is 1.85 bits per heavy atom. The Labute approximate surface area is 123 Å². The van der Waals surface area contributed by atoms with Gasteiger partial charge in [-0.05, 0) is 42.8 Å². The molecule has 4 nitrogen and oxygen atoms in total. The van der Waals surface area contributed by atoms with Gasteiger partial charge in [0.05, 0.1) is 4.90 Å². The number of ether oxygens (including phenoxy) is 1. The van der Waals surface area contributed by atoms with E-state index in [2.05, 4.69) is 4.98 Å². The molecule has 0 bridgehead atoms. The van der Waals surface area contributed by atoms with Crippen LogP contribution in [0.3, 0.4) is 0 Å². The number of aromatic nitrogens is 1. The van der Waals surface area contributed by atoms with Gasteiger partial charge in [-0.15, -0.1) is 11.6 Å². The van der Waals surface area contributed by atoms with Gasteiger partial charge in [-0.3, -0.25) is 0 Å². The van der Waals surface area contributed by atoms with Crippen molar-refractivity contribution in [2.24, 2.45) is 0 Å². The second-order valence-corrected chi connectivity index (χ2v) is 6.72. The smallest absolute Gasteiger partial charge is 0.219 e. The first-order valence-corrected chi connectivity index (χ1v) is 8.32. The van der Waals surface area contributed by atoms with Crippen LogP contribution in [0.25, 0.3) is 0 Å². The third-order valence-electron chi connectivity index (χ3n) is 2.62. The van der Waals surface area contributed by atoms with Crippen molar-refractivity contribution in [1.29, 1.82) is 0 Å². The highest BCUT2D eigenvalue weighted by molar-refractivity contribution is 7.90. The summed E-state index contributed by atoms with van der Waals surface area (Å²) in [5.74, 6) is 1.34. The quantitative estimate of drug-likeness (QED) is 0.813. The van der Waals surface area contributed by atoms with Crippen LogP contribution in [0.15, 0.2) is 41.3 Å². The lowest BCUT2D eigenvalue weighted by atomic mass is 10.2. The molecule has 0 saturated heterocycles. The molecule has 0 N–H and O–H groups in total. The Balaban J connectivity index is 2.24. The zero-order valence-corrected chi connectivity index (χ0v) is 12.7. The van der Waals surface area contributed by atoms with Crippen molar-refractivity contribution in [3.05, 3.63) is 47.7 Å². The van der Waals surface area contributed by atoms with Gasteiger partial charge in [0.1, 0.15) is 5.75 Å². The zero-order chi connectivity index (χ0) is 14.8. The van der Waals surface area contributed by atoms with Crippen LogP contribution >= 0.6 is 11.6 Å². The van der Waals surface area contributed by atoms with E-state index < -0.39 is 9.84 Å². The fraction of sp³-hybridized carbons (Fsp3) is 0.214. The summed E-state index contributed by atoms with van der Waals surface area (Å²) in [6.45, 7) is 1.86. The number of alkyl halides is 1. The van der Waals surface area contributed by atoms with Gasteiger partial charge in [0.2, 0.25) is 5.88 Å².